The number of carbonyl (C=O) groups is 2. The number of amides is 2. The highest BCUT2D eigenvalue weighted by Crippen LogP contribution is 2.15. The van der Waals surface area contributed by atoms with Crippen molar-refractivity contribution < 1.29 is 14.7 Å². The lowest BCUT2D eigenvalue weighted by molar-refractivity contribution is -0.146. The number of likely N-dealkylation sites (tertiary alicyclic amines) is 1. The molecule has 2 heterocycles. The van der Waals surface area contributed by atoms with Crippen molar-refractivity contribution in [2.24, 2.45) is 5.92 Å². The summed E-state index contributed by atoms with van der Waals surface area (Å²) < 4.78 is 0. The molecule has 1 fully saturated rings. The number of carboxylic acid groups (broad SMARTS) is 1. The second-order valence-electron chi connectivity index (χ2n) is 3.92. The zero-order valence-corrected chi connectivity index (χ0v) is 9.17. The van der Waals surface area contributed by atoms with E-state index < -0.39 is 11.9 Å². The third-order valence-corrected chi connectivity index (χ3v) is 2.66. The summed E-state index contributed by atoms with van der Waals surface area (Å²) in [6.45, 7) is 0.917. The van der Waals surface area contributed by atoms with Crippen molar-refractivity contribution in [1.82, 2.24) is 15.2 Å². The van der Waals surface area contributed by atoms with Crippen LogP contribution in [0.2, 0.25) is 0 Å². The third kappa shape index (κ3) is 2.72. The molecule has 0 unspecified atom stereocenters. The number of rotatable bonds is 3. The van der Waals surface area contributed by atoms with Crippen molar-refractivity contribution in [3.8, 4) is 0 Å². The first kappa shape index (κ1) is 11.4. The number of hydrogen-bond donors (Lipinski definition) is 2. The van der Waals surface area contributed by atoms with E-state index in [2.05, 4.69) is 10.3 Å². The van der Waals surface area contributed by atoms with Crippen LogP contribution in [0.25, 0.3) is 0 Å². The molecule has 0 atom stereocenters. The topological polar surface area (TPSA) is 82.5 Å². The molecule has 6 nitrogen and oxygen atoms in total. The predicted octanol–water partition coefficient (Wildman–Crippen LogP) is 0.308. The monoisotopic (exact) mass is 235 g/mol. The van der Waals surface area contributed by atoms with Gasteiger partial charge in [-0.05, 0) is 12.1 Å². The maximum Gasteiger partial charge on any atom is 0.317 e. The van der Waals surface area contributed by atoms with Gasteiger partial charge in [-0.3, -0.25) is 9.78 Å². The molecular formula is C11H13N3O3. The Morgan fingerprint density at radius 2 is 2.24 bits per heavy atom. The molecule has 2 N–H and O–H groups in total. The second kappa shape index (κ2) is 4.82. The van der Waals surface area contributed by atoms with E-state index in [-0.39, 0.29) is 19.1 Å². The van der Waals surface area contributed by atoms with Gasteiger partial charge in [-0.25, -0.2) is 4.79 Å². The average molecular weight is 235 g/mol. The van der Waals surface area contributed by atoms with Crippen molar-refractivity contribution in [3.05, 3.63) is 30.1 Å². The first-order valence-corrected chi connectivity index (χ1v) is 5.32. The highest BCUT2D eigenvalue weighted by molar-refractivity contribution is 5.79. The van der Waals surface area contributed by atoms with Gasteiger partial charge in [0.15, 0.2) is 0 Å². The minimum absolute atomic E-state index is 0.242. The first-order valence-electron chi connectivity index (χ1n) is 5.32. The number of carboxylic acids is 1. The smallest absolute Gasteiger partial charge is 0.317 e. The van der Waals surface area contributed by atoms with Crippen molar-refractivity contribution in [2.45, 2.75) is 6.54 Å². The van der Waals surface area contributed by atoms with Gasteiger partial charge in [-0.1, -0.05) is 6.07 Å². The fraction of sp³-hybridized carbons (Fsp3) is 0.364. The van der Waals surface area contributed by atoms with Gasteiger partial charge in [0, 0.05) is 19.3 Å². The number of pyridine rings is 1. The Hall–Kier alpha value is -2.11. The van der Waals surface area contributed by atoms with E-state index in [0.717, 1.165) is 5.69 Å². The minimum atomic E-state index is -0.848. The fourth-order valence-corrected chi connectivity index (χ4v) is 1.58. The molecule has 6 heteroatoms. The quantitative estimate of drug-likeness (QED) is 0.789. The van der Waals surface area contributed by atoms with Crippen LogP contribution in [-0.2, 0) is 11.3 Å². The largest absolute Gasteiger partial charge is 0.481 e. The zero-order chi connectivity index (χ0) is 12.3. The summed E-state index contributed by atoms with van der Waals surface area (Å²) >= 11 is 0. The average Bonchev–Trinajstić information content (AvgIpc) is 2.25. The maximum absolute atomic E-state index is 11.6. The van der Waals surface area contributed by atoms with E-state index in [0.29, 0.717) is 6.54 Å². The molecule has 1 aliphatic heterocycles. The predicted molar refractivity (Wildman–Crippen MR) is 59.2 cm³/mol. The number of hydrogen-bond acceptors (Lipinski definition) is 3. The first-order chi connectivity index (χ1) is 8.16. The van der Waals surface area contributed by atoms with Crippen LogP contribution in [0.4, 0.5) is 4.79 Å². The van der Waals surface area contributed by atoms with Gasteiger partial charge < -0.3 is 15.3 Å². The van der Waals surface area contributed by atoms with E-state index in [9.17, 15) is 9.59 Å². The lowest BCUT2D eigenvalue weighted by Gasteiger charge is -2.36. The Kier molecular flexibility index (Phi) is 3.22. The Labute approximate surface area is 98.3 Å². The summed E-state index contributed by atoms with van der Waals surface area (Å²) in [5.74, 6) is -1.27. The molecule has 1 aromatic heterocycles. The van der Waals surface area contributed by atoms with Gasteiger partial charge >= 0.3 is 12.0 Å². The van der Waals surface area contributed by atoms with E-state index >= 15 is 0 Å². The summed E-state index contributed by atoms with van der Waals surface area (Å²) in [5.41, 5.74) is 0.774. The Balaban J connectivity index is 1.74. The van der Waals surface area contributed by atoms with Crippen LogP contribution >= 0.6 is 0 Å². The van der Waals surface area contributed by atoms with Crippen molar-refractivity contribution in [2.75, 3.05) is 13.1 Å². The Morgan fingerprint density at radius 3 is 2.82 bits per heavy atom. The molecule has 17 heavy (non-hydrogen) atoms. The summed E-state index contributed by atoms with van der Waals surface area (Å²) in [6, 6.07) is 5.22. The van der Waals surface area contributed by atoms with Crippen LogP contribution in [0.5, 0.6) is 0 Å². The molecule has 0 saturated carbocycles. The standard InChI is InChI=1S/C11H13N3O3/c15-10(16)8-6-14(7-8)11(17)13-5-9-3-1-2-4-12-9/h1-4,8H,5-7H2,(H,13,17)(H,15,16). The van der Waals surface area contributed by atoms with E-state index in [1.165, 1.54) is 4.90 Å². The molecule has 0 bridgehead atoms. The van der Waals surface area contributed by atoms with Crippen LogP contribution in [0.3, 0.4) is 0 Å². The maximum atomic E-state index is 11.6. The number of aliphatic carboxylic acids is 1. The summed E-state index contributed by atoms with van der Waals surface area (Å²) in [5, 5.41) is 11.4. The Morgan fingerprint density at radius 1 is 1.47 bits per heavy atom. The number of nitrogens with zero attached hydrogens (tertiary/aromatic N) is 2. The van der Waals surface area contributed by atoms with Gasteiger partial charge in [-0.15, -0.1) is 0 Å². The normalized spacial score (nSPS) is 15.2. The summed E-state index contributed by atoms with van der Waals surface area (Å²) in [6.07, 6.45) is 1.66. The Bertz CT molecular complexity index is 415. The number of carbonyl (C=O) groups excluding carboxylic acids is 1. The number of aromatic nitrogens is 1. The zero-order valence-electron chi connectivity index (χ0n) is 9.17. The number of nitrogens with one attached hydrogen (secondary N) is 1. The highest BCUT2D eigenvalue weighted by Gasteiger charge is 2.35. The van der Waals surface area contributed by atoms with Crippen molar-refractivity contribution >= 4 is 12.0 Å². The van der Waals surface area contributed by atoms with Gasteiger partial charge in [0.25, 0.3) is 0 Å². The molecule has 2 rings (SSSR count). The van der Waals surface area contributed by atoms with Crippen LogP contribution in [0.1, 0.15) is 5.69 Å². The third-order valence-electron chi connectivity index (χ3n) is 2.66. The lowest BCUT2D eigenvalue weighted by atomic mass is 10.0. The van der Waals surface area contributed by atoms with Gasteiger partial charge in [0.2, 0.25) is 0 Å². The molecule has 2 amide bonds. The van der Waals surface area contributed by atoms with Crippen LogP contribution in [0, 0.1) is 5.92 Å². The fourth-order valence-electron chi connectivity index (χ4n) is 1.58. The lowest BCUT2D eigenvalue weighted by Crippen LogP contribution is -2.56. The van der Waals surface area contributed by atoms with Gasteiger partial charge in [0.05, 0.1) is 18.2 Å². The van der Waals surface area contributed by atoms with Gasteiger partial charge in [0.1, 0.15) is 0 Å². The molecular weight excluding hydrogens is 222 g/mol. The molecule has 1 saturated heterocycles. The van der Waals surface area contributed by atoms with E-state index in [1.54, 1.807) is 12.3 Å². The van der Waals surface area contributed by atoms with Crippen LogP contribution in [-0.4, -0.2) is 40.1 Å². The molecule has 0 radical (unpaired) electrons. The number of urea groups is 1. The van der Waals surface area contributed by atoms with Crippen LogP contribution in [0.15, 0.2) is 24.4 Å². The minimum Gasteiger partial charge on any atom is -0.481 e. The highest BCUT2D eigenvalue weighted by atomic mass is 16.4. The van der Waals surface area contributed by atoms with Crippen molar-refractivity contribution in [3.63, 3.8) is 0 Å². The SMILES string of the molecule is O=C(O)C1CN(C(=O)NCc2ccccn2)C1. The second-order valence-corrected chi connectivity index (χ2v) is 3.92. The summed E-state index contributed by atoms with van der Waals surface area (Å²) in [7, 11) is 0. The van der Waals surface area contributed by atoms with Crippen molar-refractivity contribution in [1.29, 1.82) is 0 Å². The molecule has 0 aliphatic carbocycles. The molecule has 1 aliphatic rings. The molecule has 0 aromatic carbocycles. The summed E-state index contributed by atoms with van der Waals surface area (Å²) in [4.78, 5) is 27.7. The van der Waals surface area contributed by atoms with E-state index in [1.807, 2.05) is 12.1 Å². The molecule has 1 aromatic rings. The van der Waals surface area contributed by atoms with E-state index in [4.69, 9.17) is 5.11 Å². The molecule has 90 valence electrons. The molecule has 0 spiro atoms. The van der Waals surface area contributed by atoms with Gasteiger partial charge in [-0.2, -0.15) is 0 Å². The van der Waals surface area contributed by atoms with Crippen LogP contribution < -0.4 is 5.32 Å².